The maximum Gasteiger partial charge on any atom is 0.0680 e. The molecule has 0 aliphatic rings. The topological polar surface area (TPSA) is 9.23 Å². The highest BCUT2D eigenvalue weighted by Gasteiger charge is 2.03. The van der Waals surface area contributed by atoms with E-state index in [1.807, 2.05) is 0 Å². The molecule has 0 aliphatic carbocycles. The largest absolute Gasteiger partial charge is 0.380 e. The van der Waals surface area contributed by atoms with Crippen molar-refractivity contribution in [3.05, 3.63) is 0 Å². The van der Waals surface area contributed by atoms with Gasteiger partial charge >= 0.3 is 0 Å². The number of unbranched alkanes of at least 4 members (excludes halogenated alkanes) is 2. The molecule has 1 nitrogen and oxygen atoms in total. The van der Waals surface area contributed by atoms with Crippen LogP contribution >= 0.6 is 0 Å². The summed E-state index contributed by atoms with van der Waals surface area (Å²) in [5.41, 5.74) is 0. The molecule has 0 radical (unpaired) electrons. The van der Waals surface area contributed by atoms with Gasteiger partial charge in [0.1, 0.15) is 0 Å². The van der Waals surface area contributed by atoms with E-state index >= 15 is 0 Å². The molecule has 0 unspecified atom stereocenters. The van der Waals surface area contributed by atoms with Crippen LogP contribution in [0.1, 0.15) is 39.0 Å². The fourth-order valence-electron chi connectivity index (χ4n) is 1.06. The van der Waals surface area contributed by atoms with E-state index < -0.39 is 0 Å². The van der Waals surface area contributed by atoms with Crippen molar-refractivity contribution in [1.29, 1.82) is 0 Å². The van der Waals surface area contributed by atoms with Crippen molar-refractivity contribution in [3.8, 4) is 12.3 Å². The Bertz CT molecular complexity index is 113. The molecule has 0 aromatic heterocycles. The van der Waals surface area contributed by atoms with Crippen LogP contribution in [0.4, 0.5) is 0 Å². The molecular weight excluding hydrogens is 136 g/mol. The minimum absolute atomic E-state index is 0.284. The lowest BCUT2D eigenvalue weighted by molar-refractivity contribution is 0.0971. The second kappa shape index (κ2) is 7.63. The first-order valence-electron chi connectivity index (χ1n) is 4.31. The van der Waals surface area contributed by atoms with E-state index in [0.717, 1.165) is 12.8 Å². The van der Waals surface area contributed by atoms with Gasteiger partial charge in [-0.3, -0.25) is 0 Å². The highest BCUT2D eigenvalue weighted by molar-refractivity contribution is 4.87. The van der Waals surface area contributed by atoms with Crippen molar-refractivity contribution in [2.24, 2.45) is 0 Å². The first-order valence-corrected chi connectivity index (χ1v) is 4.31. The summed E-state index contributed by atoms with van der Waals surface area (Å²) in [5, 5.41) is 0. The number of ether oxygens (including phenoxy) is 1. The Morgan fingerprint density at radius 2 is 2.18 bits per heavy atom. The molecule has 0 fully saturated rings. The summed E-state index contributed by atoms with van der Waals surface area (Å²) in [6, 6.07) is 0. The van der Waals surface area contributed by atoms with Gasteiger partial charge in [-0.2, -0.15) is 0 Å². The molecule has 1 heteroatoms. The Morgan fingerprint density at radius 1 is 1.45 bits per heavy atom. The second-order valence-electron chi connectivity index (χ2n) is 2.76. The zero-order chi connectivity index (χ0) is 8.53. The SMILES string of the molecule is C#CC[C@H](CCCCC)OC. The summed E-state index contributed by atoms with van der Waals surface area (Å²) in [5.74, 6) is 2.62. The summed E-state index contributed by atoms with van der Waals surface area (Å²) in [7, 11) is 1.73. The summed E-state index contributed by atoms with van der Waals surface area (Å²) >= 11 is 0. The molecule has 0 heterocycles. The predicted molar refractivity (Wildman–Crippen MR) is 48.4 cm³/mol. The van der Waals surface area contributed by atoms with Gasteiger partial charge in [-0.15, -0.1) is 12.3 Å². The van der Waals surface area contributed by atoms with Crippen molar-refractivity contribution in [1.82, 2.24) is 0 Å². The monoisotopic (exact) mass is 154 g/mol. The van der Waals surface area contributed by atoms with Gasteiger partial charge in [0.2, 0.25) is 0 Å². The minimum atomic E-state index is 0.284. The van der Waals surface area contributed by atoms with Crippen molar-refractivity contribution in [3.63, 3.8) is 0 Å². The molecule has 0 aromatic rings. The summed E-state index contributed by atoms with van der Waals surface area (Å²) in [4.78, 5) is 0. The van der Waals surface area contributed by atoms with Gasteiger partial charge in [-0.05, 0) is 6.42 Å². The maximum absolute atomic E-state index is 5.19. The third-order valence-corrected chi connectivity index (χ3v) is 1.81. The smallest absolute Gasteiger partial charge is 0.0680 e. The number of hydrogen-bond acceptors (Lipinski definition) is 1. The van der Waals surface area contributed by atoms with Crippen LogP contribution in [-0.2, 0) is 4.74 Å². The van der Waals surface area contributed by atoms with Crippen LogP contribution in [-0.4, -0.2) is 13.2 Å². The molecule has 0 amide bonds. The lowest BCUT2D eigenvalue weighted by Crippen LogP contribution is -2.08. The number of methoxy groups -OCH3 is 1. The lowest BCUT2D eigenvalue weighted by Gasteiger charge is -2.10. The fraction of sp³-hybridized carbons (Fsp3) is 0.800. The van der Waals surface area contributed by atoms with E-state index in [9.17, 15) is 0 Å². The third-order valence-electron chi connectivity index (χ3n) is 1.81. The predicted octanol–water partition coefficient (Wildman–Crippen LogP) is 2.61. The maximum atomic E-state index is 5.19. The first-order chi connectivity index (χ1) is 5.35. The van der Waals surface area contributed by atoms with Gasteiger partial charge in [0, 0.05) is 13.5 Å². The molecule has 11 heavy (non-hydrogen) atoms. The fourth-order valence-corrected chi connectivity index (χ4v) is 1.06. The van der Waals surface area contributed by atoms with E-state index in [2.05, 4.69) is 12.8 Å². The molecule has 0 saturated heterocycles. The van der Waals surface area contributed by atoms with E-state index in [1.54, 1.807) is 7.11 Å². The average molecular weight is 154 g/mol. The Hall–Kier alpha value is -0.480. The van der Waals surface area contributed by atoms with Gasteiger partial charge < -0.3 is 4.74 Å². The number of rotatable bonds is 6. The van der Waals surface area contributed by atoms with Crippen LogP contribution in [0.2, 0.25) is 0 Å². The Morgan fingerprint density at radius 3 is 2.64 bits per heavy atom. The van der Waals surface area contributed by atoms with Crippen molar-refractivity contribution in [2.75, 3.05) is 7.11 Å². The highest BCUT2D eigenvalue weighted by Crippen LogP contribution is 2.08. The van der Waals surface area contributed by atoms with E-state index in [1.165, 1.54) is 19.3 Å². The van der Waals surface area contributed by atoms with Crippen LogP contribution < -0.4 is 0 Å². The molecule has 0 spiro atoms. The van der Waals surface area contributed by atoms with Crippen molar-refractivity contribution >= 4 is 0 Å². The molecule has 0 bridgehead atoms. The summed E-state index contributed by atoms with van der Waals surface area (Å²) in [6.45, 7) is 2.20. The standard InChI is InChI=1S/C10H18O/c1-4-6-7-9-10(11-3)8-5-2/h2,10H,4,6-9H2,1,3H3/t10-/m1/s1. The molecule has 0 rings (SSSR count). The zero-order valence-corrected chi connectivity index (χ0v) is 7.60. The van der Waals surface area contributed by atoms with Crippen LogP contribution in [0.25, 0.3) is 0 Å². The zero-order valence-electron chi connectivity index (χ0n) is 7.60. The first kappa shape index (κ1) is 10.5. The Labute approximate surface area is 70.1 Å². The molecule has 0 aliphatic heterocycles. The van der Waals surface area contributed by atoms with E-state index in [-0.39, 0.29) is 6.10 Å². The van der Waals surface area contributed by atoms with E-state index in [0.29, 0.717) is 0 Å². The number of hydrogen-bond donors (Lipinski definition) is 0. The van der Waals surface area contributed by atoms with Crippen molar-refractivity contribution in [2.45, 2.75) is 45.1 Å². The van der Waals surface area contributed by atoms with Gasteiger partial charge in [-0.25, -0.2) is 0 Å². The second-order valence-corrected chi connectivity index (χ2v) is 2.76. The normalized spacial score (nSPS) is 12.5. The molecule has 0 saturated carbocycles. The average Bonchev–Trinajstić information content (AvgIpc) is 2.03. The highest BCUT2D eigenvalue weighted by atomic mass is 16.5. The molecular formula is C10H18O. The quantitative estimate of drug-likeness (QED) is 0.422. The number of terminal acetylenes is 1. The molecule has 64 valence electrons. The molecule has 0 N–H and O–H groups in total. The summed E-state index contributed by atoms with van der Waals surface area (Å²) in [6.07, 6.45) is 11.1. The molecule has 1 atom stereocenters. The molecule has 0 aromatic carbocycles. The Balaban J connectivity index is 3.30. The van der Waals surface area contributed by atoms with Gasteiger partial charge in [0.15, 0.2) is 0 Å². The van der Waals surface area contributed by atoms with Gasteiger partial charge in [-0.1, -0.05) is 26.2 Å². The van der Waals surface area contributed by atoms with Crippen LogP contribution in [0.5, 0.6) is 0 Å². The van der Waals surface area contributed by atoms with Crippen LogP contribution in [0, 0.1) is 12.3 Å². The van der Waals surface area contributed by atoms with E-state index in [4.69, 9.17) is 11.2 Å². The minimum Gasteiger partial charge on any atom is -0.380 e. The third kappa shape index (κ3) is 5.94. The lowest BCUT2D eigenvalue weighted by atomic mass is 10.1. The van der Waals surface area contributed by atoms with Gasteiger partial charge in [0.05, 0.1) is 6.10 Å². The Kier molecular flexibility index (Phi) is 7.29. The van der Waals surface area contributed by atoms with Gasteiger partial charge in [0.25, 0.3) is 0 Å². The van der Waals surface area contributed by atoms with Crippen LogP contribution in [0.15, 0.2) is 0 Å². The van der Waals surface area contributed by atoms with Crippen LogP contribution in [0.3, 0.4) is 0 Å². The van der Waals surface area contributed by atoms with Crippen molar-refractivity contribution < 1.29 is 4.74 Å². The summed E-state index contributed by atoms with van der Waals surface area (Å²) < 4.78 is 5.19.